The first-order valence-electron chi connectivity index (χ1n) is 11.9. The van der Waals surface area contributed by atoms with Crippen LogP contribution in [-0.4, -0.2) is 76.5 Å². The van der Waals surface area contributed by atoms with Crippen LogP contribution in [-0.2, 0) is 26.8 Å². The standard InChI is InChI=1S/C26H29FN4O5S2/c1-28(2)38(35,36)31(25-11-7-6-10-24(25)27)20-21-12-14-22(15-13-21)26(32)29-16-18-30(19-17-29)37(33,34)23-8-4-3-5-9-23/h3-15H,16-20H2,1-2H3. The quantitative estimate of drug-likeness (QED) is 0.422. The molecule has 0 unspecified atom stereocenters. The molecule has 0 spiro atoms. The molecule has 0 bridgehead atoms. The molecule has 9 nitrogen and oxygen atoms in total. The van der Waals surface area contributed by atoms with Gasteiger partial charge in [0.2, 0.25) is 10.0 Å². The van der Waals surface area contributed by atoms with Crippen LogP contribution in [0.5, 0.6) is 0 Å². The number of hydrogen-bond acceptors (Lipinski definition) is 5. The van der Waals surface area contributed by atoms with Crippen molar-refractivity contribution in [1.82, 2.24) is 13.5 Å². The lowest BCUT2D eigenvalue weighted by Crippen LogP contribution is -2.50. The largest absolute Gasteiger partial charge is 0.336 e. The highest BCUT2D eigenvalue weighted by Gasteiger charge is 2.31. The van der Waals surface area contributed by atoms with Gasteiger partial charge in [0.15, 0.2) is 0 Å². The summed E-state index contributed by atoms with van der Waals surface area (Å²) in [5.74, 6) is -0.918. The van der Waals surface area contributed by atoms with Crippen molar-refractivity contribution in [3.8, 4) is 0 Å². The third kappa shape index (κ3) is 5.73. The van der Waals surface area contributed by atoms with E-state index in [1.54, 1.807) is 65.6 Å². The molecule has 0 aliphatic carbocycles. The molecule has 0 N–H and O–H groups in total. The second kappa shape index (κ2) is 11.2. The van der Waals surface area contributed by atoms with E-state index in [1.807, 2.05) is 0 Å². The summed E-state index contributed by atoms with van der Waals surface area (Å²) in [7, 11) is -4.88. The molecule has 4 rings (SSSR count). The topological polar surface area (TPSA) is 98.3 Å². The van der Waals surface area contributed by atoms with Gasteiger partial charge in [0.1, 0.15) is 5.82 Å². The summed E-state index contributed by atoms with van der Waals surface area (Å²) in [5.41, 5.74) is 0.875. The molecule has 0 aromatic heterocycles. The Morgan fingerprint density at radius 3 is 1.97 bits per heavy atom. The Bertz CT molecular complexity index is 1490. The maximum Gasteiger partial charge on any atom is 0.303 e. The number of hydrogen-bond donors (Lipinski definition) is 0. The van der Waals surface area contributed by atoms with Crippen LogP contribution in [0.3, 0.4) is 0 Å². The molecule has 3 aromatic rings. The average Bonchev–Trinajstić information content (AvgIpc) is 2.92. The first kappa shape index (κ1) is 27.7. The number of carbonyl (C=O) groups is 1. The summed E-state index contributed by atoms with van der Waals surface area (Å²) in [4.78, 5) is 14.9. The van der Waals surface area contributed by atoms with Gasteiger partial charge in [-0.15, -0.1) is 0 Å². The van der Waals surface area contributed by atoms with Crippen LogP contribution in [0.1, 0.15) is 15.9 Å². The Balaban J connectivity index is 1.45. The van der Waals surface area contributed by atoms with Gasteiger partial charge in [0.25, 0.3) is 5.91 Å². The summed E-state index contributed by atoms with van der Waals surface area (Å²) < 4.78 is 69.4. The Morgan fingerprint density at radius 2 is 1.39 bits per heavy atom. The highest BCUT2D eigenvalue weighted by atomic mass is 32.2. The van der Waals surface area contributed by atoms with Crippen LogP contribution in [0, 0.1) is 5.82 Å². The molecule has 1 heterocycles. The average molecular weight is 561 g/mol. The summed E-state index contributed by atoms with van der Waals surface area (Å²) in [6.45, 7) is 0.720. The molecule has 0 radical (unpaired) electrons. The number of anilines is 1. The highest BCUT2D eigenvalue weighted by molar-refractivity contribution is 7.90. The molecule has 0 saturated carbocycles. The number of amides is 1. The summed E-state index contributed by atoms with van der Waals surface area (Å²) >= 11 is 0. The number of rotatable bonds is 8. The van der Waals surface area contributed by atoms with Crippen molar-refractivity contribution in [2.45, 2.75) is 11.4 Å². The predicted molar refractivity (Wildman–Crippen MR) is 143 cm³/mol. The number of sulfonamides is 1. The van der Waals surface area contributed by atoms with Gasteiger partial charge in [-0.25, -0.2) is 12.8 Å². The lowest BCUT2D eigenvalue weighted by Gasteiger charge is -2.34. The fourth-order valence-electron chi connectivity index (χ4n) is 4.12. The van der Waals surface area contributed by atoms with Crippen molar-refractivity contribution in [1.29, 1.82) is 0 Å². The van der Waals surface area contributed by atoms with E-state index >= 15 is 0 Å². The smallest absolute Gasteiger partial charge is 0.303 e. The third-order valence-corrected chi connectivity index (χ3v) is 10.0. The number of nitrogens with zero attached hydrogens (tertiary/aromatic N) is 4. The maximum atomic E-state index is 14.5. The van der Waals surface area contributed by atoms with Gasteiger partial charge in [-0.05, 0) is 42.0 Å². The van der Waals surface area contributed by atoms with Crippen LogP contribution in [0.25, 0.3) is 0 Å². The first-order valence-corrected chi connectivity index (χ1v) is 14.7. The number of halogens is 1. The lowest BCUT2D eigenvalue weighted by atomic mass is 10.1. The molecule has 1 fully saturated rings. The SMILES string of the molecule is CN(C)S(=O)(=O)N(Cc1ccc(C(=O)N2CCN(S(=O)(=O)c3ccccc3)CC2)cc1)c1ccccc1F. The fourth-order valence-corrected chi connectivity index (χ4v) is 6.66. The fraction of sp³-hybridized carbons (Fsp3) is 0.269. The van der Waals surface area contributed by atoms with Gasteiger partial charge in [0.05, 0.1) is 17.1 Å². The van der Waals surface area contributed by atoms with Crippen LogP contribution in [0.2, 0.25) is 0 Å². The molecule has 12 heteroatoms. The number of piperazine rings is 1. The summed E-state index contributed by atoms with van der Waals surface area (Å²) in [6, 6.07) is 20.2. The molecular weight excluding hydrogens is 531 g/mol. The number of carbonyl (C=O) groups excluding carboxylic acids is 1. The van der Waals surface area contributed by atoms with E-state index in [-0.39, 0.29) is 49.2 Å². The number of benzene rings is 3. The van der Waals surface area contributed by atoms with E-state index in [9.17, 15) is 26.0 Å². The van der Waals surface area contributed by atoms with E-state index < -0.39 is 26.0 Å². The van der Waals surface area contributed by atoms with E-state index in [1.165, 1.54) is 36.6 Å². The molecule has 1 saturated heterocycles. The maximum absolute atomic E-state index is 14.5. The minimum absolute atomic E-state index is 0.0790. The van der Waals surface area contributed by atoms with E-state index in [4.69, 9.17) is 0 Å². The van der Waals surface area contributed by atoms with Crippen molar-refractivity contribution in [3.05, 3.63) is 95.8 Å². The zero-order valence-electron chi connectivity index (χ0n) is 21.1. The van der Waals surface area contributed by atoms with E-state index in [0.29, 0.717) is 11.1 Å². The Labute approximate surface area is 222 Å². The van der Waals surface area contributed by atoms with Crippen LogP contribution in [0.15, 0.2) is 83.8 Å². The van der Waals surface area contributed by atoms with Gasteiger partial charge in [-0.1, -0.05) is 42.5 Å². The molecule has 3 aromatic carbocycles. The lowest BCUT2D eigenvalue weighted by molar-refractivity contribution is 0.0698. The van der Waals surface area contributed by atoms with Crippen molar-refractivity contribution in [3.63, 3.8) is 0 Å². The third-order valence-electron chi connectivity index (χ3n) is 6.29. The minimum Gasteiger partial charge on any atom is -0.336 e. The van der Waals surface area contributed by atoms with Crippen LogP contribution in [0.4, 0.5) is 10.1 Å². The monoisotopic (exact) mass is 560 g/mol. The first-order chi connectivity index (χ1) is 18.0. The highest BCUT2D eigenvalue weighted by Crippen LogP contribution is 2.26. The minimum atomic E-state index is -4.00. The molecular formula is C26H29FN4O5S2. The predicted octanol–water partition coefficient (Wildman–Crippen LogP) is 2.79. The van der Waals surface area contributed by atoms with E-state index in [2.05, 4.69) is 0 Å². The van der Waals surface area contributed by atoms with Gasteiger partial charge in [-0.2, -0.15) is 17.0 Å². The Kier molecular flexibility index (Phi) is 8.16. The second-order valence-corrected chi connectivity index (χ2v) is 13.0. The molecule has 1 aliphatic rings. The second-order valence-electron chi connectivity index (χ2n) is 8.95. The van der Waals surface area contributed by atoms with E-state index in [0.717, 1.165) is 8.61 Å². The van der Waals surface area contributed by atoms with Crippen LogP contribution < -0.4 is 4.31 Å². The zero-order valence-corrected chi connectivity index (χ0v) is 22.7. The van der Waals surface area contributed by atoms with Gasteiger partial charge >= 0.3 is 10.2 Å². The van der Waals surface area contributed by atoms with Crippen molar-refractivity contribution < 1.29 is 26.0 Å². The van der Waals surface area contributed by atoms with Crippen molar-refractivity contribution in [2.24, 2.45) is 0 Å². The van der Waals surface area contributed by atoms with Gasteiger partial charge in [0, 0.05) is 45.8 Å². The van der Waals surface area contributed by atoms with Crippen molar-refractivity contribution >= 4 is 31.8 Å². The molecule has 0 atom stereocenters. The van der Waals surface area contributed by atoms with Gasteiger partial charge in [-0.3, -0.25) is 9.10 Å². The Morgan fingerprint density at radius 1 is 0.816 bits per heavy atom. The zero-order chi connectivity index (χ0) is 27.5. The normalized spacial score (nSPS) is 15.0. The van der Waals surface area contributed by atoms with Crippen molar-refractivity contribution in [2.75, 3.05) is 44.6 Å². The number of para-hydroxylation sites is 1. The summed E-state index contributed by atoms with van der Waals surface area (Å²) in [5, 5.41) is 0. The molecule has 38 heavy (non-hydrogen) atoms. The van der Waals surface area contributed by atoms with Crippen LogP contribution >= 0.6 is 0 Å². The van der Waals surface area contributed by atoms with Gasteiger partial charge < -0.3 is 4.90 Å². The molecule has 202 valence electrons. The Hall–Kier alpha value is -3.32. The molecule has 1 aliphatic heterocycles. The summed E-state index contributed by atoms with van der Waals surface area (Å²) in [6.07, 6.45) is 0. The molecule has 1 amide bonds.